The molecule has 10 heteroatoms. The van der Waals surface area contributed by atoms with Gasteiger partial charge < -0.3 is 5.32 Å². The molecule has 0 aromatic heterocycles. The van der Waals surface area contributed by atoms with Crippen LogP contribution in [-0.2, 0) is 0 Å². The molecule has 1 heterocycles. The van der Waals surface area contributed by atoms with Crippen molar-refractivity contribution in [1.29, 1.82) is 0 Å². The summed E-state index contributed by atoms with van der Waals surface area (Å²) in [6.45, 7) is 0. The zero-order valence-electron chi connectivity index (χ0n) is 19.1. The van der Waals surface area contributed by atoms with Crippen molar-refractivity contribution in [2.24, 2.45) is 10.2 Å². The van der Waals surface area contributed by atoms with Gasteiger partial charge in [0.25, 0.3) is 23.4 Å². The summed E-state index contributed by atoms with van der Waals surface area (Å²) in [5.74, 6) is -1.65. The first-order chi connectivity index (χ1) is 17.9. The van der Waals surface area contributed by atoms with Gasteiger partial charge in [-0.05, 0) is 60.7 Å². The van der Waals surface area contributed by atoms with Gasteiger partial charge in [-0.1, -0.05) is 24.3 Å². The number of hydrogen-bond acceptors (Lipinski definition) is 7. The van der Waals surface area contributed by atoms with Crippen LogP contribution in [-0.4, -0.2) is 22.6 Å². The van der Waals surface area contributed by atoms with E-state index in [1.54, 1.807) is 24.3 Å². The average Bonchev–Trinajstić information content (AvgIpc) is 3.17. The van der Waals surface area contributed by atoms with E-state index in [9.17, 15) is 24.5 Å². The molecule has 0 unspecified atom stereocenters. The third kappa shape index (κ3) is 4.71. The molecule has 0 aliphatic carbocycles. The van der Waals surface area contributed by atoms with Gasteiger partial charge in [0.2, 0.25) is 0 Å². The molecular weight excluding hydrogens is 474 g/mol. The number of anilines is 2. The van der Waals surface area contributed by atoms with E-state index in [1.807, 2.05) is 30.3 Å². The third-order valence-electron chi connectivity index (χ3n) is 5.61. The van der Waals surface area contributed by atoms with Crippen molar-refractivity contribution in [1.82, 2.24) is 0 Å². The number of hydrogen-bond donors (Lipinski definition) is 1. The lowest BCUT2D eigenvalue weighted by Crippen LogP contribution is -2.29. The summed E-state index contributed by atoms with van der Waals surface area (Å²) in [6, 6.07) is 25.4. The minimum absolute atomic E-state index is 0.0875. The van der Waals surface area contributed by atoms with E-state index in [0.717, 1.165) is 4.90 Å². The normalized spacial score (nSPS) is 12.6. The Labute approximate surface area is 210 Å². The highest BCUT2D eigenvalue weighted by molar-refractivity contribution is 6.34. The fraction of sp³-hybridized carbons (Fsp3) is 0. The number of amides is 3. The molecular formula is C27H17N5O5. The lowest BCUT2D eigenvalue weighted by Gasteiger charge is -2.13. The molecule has 10 nitrogen and oxygen atoms in total. The number of carbonyl (C=O) groups excluding carboxylic acids is 3. The van der Waals surface area contributed by atoms with Gasteiger partial charge in [0.05, 0.1) is 33.1 Å². The van der Waals surface area contributed by atoms with Crippen molar-refractivity contribution in [3.8, 4) is 0 Å². The summed E-state index contributed by atoms with van der Waals surface area (Å²) in [5.41, 5.74) is 2.04. The second-order valence-electron chi connectivity index (χ2n) is 8.02. The Morgan fingerprint density at radius 3 is 2.14 bits per heavy atom. The number of rotatable bonds is 6. The topological polar surface area (TPSA) is 134 Å². The van der Waals surface area contributed by atoms with Crippen LogP contribution >= 0.6 is 0 Å². The molecule has 0 spiro atoms. The maximum atomic E-state index is 13.1. The molecule has 0 fully saturated rings. The van der Waals surface area contributed by atoms with E-state index < -0.39 is 22.6 Å². The summed E-state index contributed by atoms with van der Waals surface area (Å²) in [6.07, 6.45) is 0. The predicted molar refractivity (Wildman–Crippen MR) is 136 cm³/mol. The molecule has 180 valence electrons. The molecule has 0 atom stereocenters. The molecule has 3 amide bonds. The maximum Gasteiger partial charge on any atom is 0.271 e. The number of nitro groups is 1. The van der Waals surface area contributed by atoms with Gasteiger partial charge in [-0.15, -0.1) is 0 Å². The Morgan fingerprint density at radius 1 is 0.757 bits per heavy atom. The molecule has 0 saturated carbocycles. The smallest absolute Gasteiger partial charge is 0.271 e. The third-order valence-corrected chi connectivity index (χ3v) is 5.61. The van der Waals surface area contributed by atoms with Crippen molar-refractivity contribution < 1.29 is 19.3 Å². The van der Waals surface area contributed by atoms with Gasteiger partial charge in [0.15, 0.2) is 0 Å². The first kappa shape index (κ1) is 23.2. The van der Waals surface area contributed by atoms with Crippen LogP contribution in [0.25, 0.3) is 0 Å². The van der Waals surface area contributed by atoms with E-state index in [1.165, 1.54) is 42.5 Å². The van der Waals surface area contributed by atoms with Gasteiger partial charge in [-0.25, -0.2) is 4.90 Å². The summed E-state index contributed by atoms with van der Waals surface area (Å²) in [4.78, 5) is 50.3. The molecule has 4 aromatic carbocycles. The minimum Gasteiger partial charge on any atom is -0.322 e. The number of nitrogens with zero attached hydrogens (tertiary/aromatic N) is 4. The van der Waals surface area contributed by atoms with Gasteiger partial charge >= 0.3 is 0 Å². The van der Waals surface area contributed by atoms with E-state index in [4.69, 9.17) is 0 Å². The fourth-order valence-corrected chi connectivity index (χ4v) is 3.80. The van der Waals surface area contributed by atoms with Crippen LogP contribution in [0.1, 0.15) is 31.1 Å². The molecule has 1 aliphatic heterocycles. The Hall–Kier alpha value is -5.51. The SMILES string of the molecule is O=C(Nc1cccc([N+](=O)[O-])c1)c1ccc2c(c1)C(=O)N(c1ccc(N=Nc3ccccc3)cc1)C2=O. The molecule has 37 heavy (non-hydrogen) atoms. The highest BCUT2D eigenvalue weighted by atomic mass is 16.6. The van der Waals surface area contributed by atoms with Gasteiger partial charge in [-0.2, -0.15) is 10.2 Å². The van der Waals surface area contributed by atoms with E-state index >= 15 is 0 Å². The Bertz CT molecular complexity index is 1580. The average molecular weight is 491 g/mol. The number of carbonyl (C=O) groups is 3. The van der Waals surface area contributed by atoms with Crippen LogP contribution in [0.5, 0.6) is 0 Å². The molecule has 5 rings (SSSR count). The number of benzene rings is 4. The van der Waals surface area contributed by atoms with Crippen LogP contribution in [0.15, 0.2) is 107 Å². The van der Waals surface area contributed by atoms with Crippen LogP contribution in [0.2, 0.25) is 0 Å². The summed E-state index contributed by atoms with van der Waals surface area (Å²) < 4.78 is 0. The summed E-state index contributed by atoms with van der Waals surface area (Å²) >= 11 is 0. The highest BCUT2D eigenvalue weighted by Gasteiger charge is 2.37. The lowest BCUT2D eigenvalue weighted by atomic mass is 10.1. The molecule has 0 radical (unpaired) electrons. The predicted octanol–water partition coefficient (Wildman–Crippen LogP) is 6.06. The van der Waals surface area contributed by atoms with Crippen LogP contribution in [0.3, 0.4) is 0 Å². The number of imide groups is 1. The van der Waals surface area contributed by atoms with Gasteiger partial charge in [0.1, 0.15) is 0 Å². The molecule has 4 aromatic rings. The van der Waals surface area contributed by atoms with Crippen molar-refractivity contribution in [3.63, 3.8) is 0 Å². The number of non-ortho nitro benzene ring substituents is 1. The quantitative estimate of drug-likeness (QED) is 0.151. The molecule has 1 aliphatic rings. The number of nitrogens with one attached hydrogen (secondary N) is 1. The first-order valence-corrected chi connectivity index (χ1v) is 11.1. The first-order valence-electron chi connectivity index (χ1n) is 11.1. The van der Waals surface area contributed by atoms with Crippen LogP contribution < -0.4 is 10.2 Å². The van der Waals surface area contributed by atoms with Crippen molar-refractivity contribution in [2.45, 2.75) is 0 Å². The highest BCUT2D eigenvalue weighted by Crippen LogP contribution is 2.31. The Morgan fingerprint density at radius 2 is 1.43 bits per heavy atom. The zero-order chi connectivity index (χ0) is 25.9. The van der Waals surface area contributed by atoms with Crippen molar-refractivity contribution in [2.75, 3.05) is 10.2 Å². The monoisotopic (exact) mass is 491 g/mol. The summed E-state index contributed by atoms with van der Waals surface area (Å²) in [5, 5.41) is 21.8. The second kappa shape index (κ2) is 9.62. The zero-order valence-corrected chi connectivity index (χ0v) is 19.1. The molecule has 0 bridgehead atoms. The number of nitro benzene ring substituents is 1. The fourth-order valence-electron chi connectivity index (χ4n) is 3.80. The largest absolute Gasteiger partial charge is 0.322 e. The van der Waals surface area contributed by atoms with Crippen LogP contribution in [0.4, 0.5) is 28.4 Å². The number of azo groups is 1. The standard InChI is InChI=1S/C27H17N5O5/c33-25(28-20-7-4-8-22(16-20)32(36)37)17-9-14-23-24(15-17)27(35)31(26(23)34)21-12-10-19(11-13-21)30-29-18-5-2-1-3-6-18/h1-16H,(H,28,33). The Balaban J connectivity index is 1.34. The van der Waals surface area contributed by atoms with Crippen molar-refractivity contribution in [3.05, 3.63) is 124 Å². The van der Waals surface area contributed by atoms with E-state index in [-0.39, 0.29) is 28.1 Å². The van der Waals surface area contributed by atoms with E-state index in [0.29, 0.717) is 17.1 Å². The summed E-state index contributed by atoms with van der Waals surface area (Å²) in [7, 11) is 0. The Kier molecular flexibility index (Phi) is 6.05. The second-order valence-corrected chi connectivity index (χ2v) is 8.02. The van der Waals surface area contributed by atoms with E-state index in [2.05, 4.69) is 15.5 Å². The van der Waals surface area contributed by atoms with Crippen molar-refractivity contribution >= 4 is 46.2 Å². The molecule has 0 saturated heterocycles. The molecule has 1 N–H and O–H groups in total. The van der Waals surface area contributed by atoms with Gasteiger partial charge in [0, 0.05) is 23.4 Å². The maximum absolute atomic E-state index is 13.1. The lowest BCUT2D eigenvalue weighted by molar-refractivity contribution is -0.384. The van der Waals surface area contributed by atoms with Gasteiger partial charge in [-0.3, -0.25) is 24.5 Å². The number of fused-ring (bicyclic) bond motifs is 1. The minimum atomic E-state index is -0.574. The van der Waals surface area contributed by atoms with Crippen LogP contribution in [0, 0.1) is 10.1 Å².